The highest BCUT2D eigenvalue weighted by molar-refractivity contribution is 7.26. The number of aromatic nitrogens is 1. The number of nitrogens with zero attached hydrogens (tertiary/aromatic N) is 1. The van der Waals surface area contributed by atoms with Crippen LogP contribution in [0.5, 0.6) is 0 Å². The van der Waals surface area contributed by atoms with Crippen LogP contribution in [0.2, 0.25) is 0 Å². The van der Waals surface area contributed by atoms with Crippen LogP contribution in [0.25, 0.3) is 111 Å². The van der Waals surface area contributed by atoms with E-state index in [1.54, 1.807) is 0 Å². The quantitative estimate of drug-likeness (QED) is 0.170. The van der Waals surface area contributed by atoms with Crippen molar-refractivity contribution in [2.75, 3.05) is 5.32 Å². The van der Waals surface area contributed by atoms with Crippen molar-refractivity contribution in [3.63, 3.8) is 0 Å². The third-order valence-electron chi connectivity index (χ3n) is 14.7. The van der Waals surface area contributed by atoms with Crippen molar-refractivity contribution in [3.8, 4) is 38.4 Å². The summed E-state index contributed by atoms with van der Waals surface area (Å²) in [5.41, 5.74) is 17.4. The molecule has 6 heteroatoms. The van der Waals surface area contributed by atoms with Gasteiger partial charge in [-0.3, -0.25) is 0 Å². The fraction of sp³-hybridized carbons (Fsp3) is 0.125. The fourth-order valence-electron chi connectivity index (χ4n) is 11.1. The molecular weight excluding hydrogens is 904 g/mol. The number of anilines is 2. The molecule has 9 aromatic carbocycles. The fourth-order valence-corrected chi connectivity index (χ4v) is 14.6. The number of thiophene rings is 3. The normalized spacial score (nSPS) is 12.8. The molecule has 0 saturated carbocycles. The zero-order valence-corrected chi connectivity index (χ0v) is 42.4. The van der Waals surface area contributed by atoms with Gasteiger partial charge in [-0.05, 0) is 111 Å². The molecule has 5 heterocycles. The molecule has 4 aromatic heterocycles. The molecule has 0 atom stereocenters. The zero-order valence-electron chi connectivity index (χ0n) is 40.0. The van der Waals surface area contributed by atoms with E-state index in [-0.39, 0.29) is 10.8 Å². The molecule has 1 radical (unpaired) electrons. The van der Waals surface area contributed by atoms with Gasteiger partial charge in [0.25, 0.3) is 0 Å². The molecule has 13 aromatic rings. The Morgan fingerprint density at radius 2 is 1.09 bits per heavy atom. The summed E-state index contributed by atoms with van der Waals surface area (Å²) in [5.74, 6) is 0. The highest BCUT2D eigenvalue weighted by atomic mass is 32.1. The van der Waals surface area contributed by atoms with Gasteiger partial charge in [0.05, 0.1) is 5.52 Å². The van der Waals surface area contributed by atoms with E-state index < -0.39 is 0 Å². The van der Waals surface area contributed by atoms with Gasteiger partial charge in [0.15, 0.2) is 7.28 Å². The van der Waals surface area contributed by atoms with Crippen molar-refractivity contribution in [1.29, 1.82) is 0 Å². The molecule has 2 nitrogen and oxygen atoms in total. The molecule has 1 N–H and O–H groups in total. The van der Waals surface area contributed by atoms with Crippen molar-refractivity contribution in [2.45, 2.75) is 52.4 Å². The first-order valence-corrected chi connectivity index (χ1v) is 26.8. The lowest BCUT2D eigenvalue weighted by atomic mass is 9.59. The Balaban J connectivity index is 1.07. The Hall–Kier alpha value is -6.96. The van der Waals surface area contributed by atoms with Gasteiger partial charge in [-0.25, -0.2) is 0 Å². The van der Waals surface area contributed by atoms with Crippen LogP contribution in [0, 0.1) is 0 Å². The molecule has 1 aliphatic heterocycles. The summed E-state index contributed by atoms with van der Waals surface area (Å²) >= 11 is 5.69. The van der Waals surface area contributed by atoms with E-state index >= 15 is 0 Å². The topological polar surface area (TPSA) is 17.0 Å². The molecule has 0 aliphatic carbocycles. The second kappa shape index (κ2) is 15.3. The van der Waals surface area contributed by atoms with Crippen LogP contribution >= 0.6 is 34.0 Å². The Morgan fingerprint density at radius 1 is 0.443 bits per heavy atom. The van der Waals surface area contributed by atoms with E-state index in [0.29, 0.717) is 0 Å². The lowest BCUT2D eigenvalue weighted by molar-refractivity contribution is 0.590. The monoisotopic (exact) mass is 951 g/mol. The number of rotatable bonds is 5. The highest BCUT2D eigenvalue weighted by Gasteiger charge is 2.30. The maximum absolute atomic E-state index is 3.99. The van der Waals surface area contributed by atoms with E-state index in [4.69, 9.17) is 0 Å². The van der Waals surface area contributed by atoms with Gasteiger partial charge in [0, 0.05) is 99.8 Å². The van der Waals surface area contributed by atoms with Crippen molar-refractivity contribution >= 4 is 136 Å². The van der Waals surface area contributed by atoms with E-state index in [2.05, 4.69) is 235 Å². The van der Waals surface area contributed by atoms with Crippen molar-refractivity contribution in [3.05, 3.63) is 187 Å². The lowest BCUT2D eigenvalue weighted by Gasteiger charge is -2.24. The summed E-state index contributed by atoms with van der Waals surface area (Å²) in [6, 6.07) is 66.6. The van der Waals surface area contributed by atoms with E-state index in [9.17, 15) is 0 Å². The first kappa shape index (κ1) is 42.0. The minimum absolute atomic E-state index is 0.0372. The van der Waals surface area contributed by atoms with Crippen LogP contribution in [-0.4, -0.2) is 11.8 Å². The molecule has 0 bridgehead atoms. The van der Waals surface area contributed by atoms with Crippen LogP contribution in [0.3, 0.4) is 0 Å². The SMILES string of the molecule is CC(C)(C)c1ccc(Nc2cc3sc4ccc(C(C)(C)C)cc4c3cc2-c2ccc3c4cc5c(cc4n4c3c2[B]c2cc3sc(-c6ccccc6)c(-c6ccccc6)c3cc2-4)sc2ccccc25)cc1. The second-order valence-corrected chi connectivity index (χ2v) is 24.4. The van der Waals surface area contributed by atoms with Gasteiger partial charge in [0.2, 0.25) is 0 Å². The summed E-state index contributed by atoms with van der Waals surface area (Å²) < 4.78 is 9.14. The molecule has 0 unspecified atom stereocenters. The molecule has 0 amide bonds. The predicted molar refractivity (Wildman–Crippen MR) is 310 cm³/mol. The van der Waals surface area contributed by atoms with Crippen molar-refractivity contribution in [1.82, 2.24) is 4.57 Å². The zero-order chi connectivity index (χ0) is 47.2. The van der Waals surface area contributed by atoms with Crippen LogP contribution in [0.4, 0.5) is 11.4 Å². The molecule has 70 heavy (non-hydrogen) atoms. The van der Waals surface area contributed by atoms with Gasteiger partial charge in [0.1, 0.15) is 0 Å². The van der Waals surface area contributed by atoms with Crippen molar-refractivity contribution in [2.24, 2.45) is 0 Å². The Morgan fingerprint density at radius 3 is 1.84 bits per heavy atom. The first-order valence-electron chi connectivity index (χ1n) is 24.3. The number of hydrogen-bond donors (Lipinski definition) is 1. The summed E-state index contributed by atoms with van der Waals surface area (Å²) in [4.78, 5) is 1.30. The Labute approximate surface area is 420 Å². The molecule has 335 valence electrons. The third kappa shape index (κ3) is 6.50. The van der Waals surface area contributed by atoms with Gasteiger partial charge < -0.3 is 9.88 Å². The molecule has 0 fully saturated rings. The maximum Gasteiger partial charge on any atom is 0.197 e. The Kier molecular flexibility index (Phi) is 9.16. The van der Waals surface area contributed by atoms with Gasteiger partial charge in [-0.1, -0.05) is 156 Å². The third-order valence-corrected chi connectivity index (χ3v) is 18.2. The van der Waals surface area contributed by atoms with Gasteiger partial charge in [-0.2, -0.15) is 0 Å². The minimum Gasteiger partial charge on any atom is -0.355 e. The smallest absolute Gasteiger partial charge is 0.197 e. The predicted octanol–water partition coefficient (Wildman–Crippen LogP) is 18.0. The summed E-state index contributed by atoms with van der Waals surface area (Å²) in [5, 5.41) is 13.1. The molecule has 0 spiro atoms. The number of benzene rings is 9. The van der Waals surface area contributed by atoms with Crippen LogP contribution in [0.15, 0.2) is 176 Å². The van der Waals surface area contributed by atoms with E-state index in [1.807, 2.05) is 34.0 Å². The maximum atomic E-state index is 3.99. The standard InChI is InChI=1S/C64H48BN2S3/c1-63(2,3)38-21-24-40(25-22-38)66-51-34-57-48(46-29-39(64(4,5)6)23-28-55(46)69-57)30-44(51)42-26-27-43-45-31-47-41-19-13-14-20-54(41)68-58(47)35-52(45)67-53-32-49-56(33-50(53)65-60(42)61(43)67)70-62(37-17-11-8-12-18-37)59(49)36-15-9-7-10-16-36/h7-35,66H,1-6H3. The first-order chi connectivity index (χ1) is 33.9. The molecule has 1 aliphatic rings. The van der Waals surface area contributed by atoms with Crippen LogP contribution < -0.4 is 16.2 Å². The molecular formula is C64H48BN2S3. The number of hydrogen-bond acceptors (Lipinski definition) is 4. The highest BCUT2D eigenvalue weighted by Crippen LogP contribution is 2.49. The average Bonchev–Trinajstić information content (AvgIpc) is 4.12. The largest absolute Gasteiger partial charge is 0.355 e. The second-order valence-electron chi connectivity index (χ2n) is 21.2. The van der Waals surface area contributed by atoms with Crippen LogP contribution in [-0.2, 0) is 10.8 Å². The van der Waals surface area contributed by atoms with Gasteiger partial charge in [-0.15, -0.1) is 34.0 Å². The summed E-state index contributed by atoms with van der Waals surface area (Å²) in [6.07, 6.45) is 0. The minimum atomic E-state index is 0.0372. The van der Waals surface area contributed by atoms with E-state index in [1.165, 1.54) is 133 Å². The summed E-state index contributed by atoms with van der Waals surface area (Å²) in [6.45, 7) is 13.8. The Bertz CT molecular complexity index is 4290. The van der Waals surface area contributed by atoms with Crippen LogP contribution in [0.1, 0.15) is 52.7 Å². The number of nitrogens with one attached hydrogen (secondary N) is 1. The van der Waals surface area contributed by atoms with Crippen molar-refractivity contribution < 1.29 is 0 Å². The molecule has 14 rings (SSSR count). The lowest BCUT2D eigenvalue weighted by Crippen LogP contribution is -2.37. The van der Waals surface area contributed by atoms with E-state index in [0.717, 1.165) is 11.4 Å². The van der Waals surface area contributed by atoms with Gasteiger partial charge >= 0.3 is 0 Å². The average molecular weight is 952 g/mol. The summed E-state index contributed by atoms with van der Waals surface area (Å²) in [7, 11) is 2.50. The molecule has 0 saturated heterocycles. The number of fused-ring (bicyclic) bond motifs is 12.